The fourth-order valence-corrected chi connectivity index (χ4v) is 5.71. The molecule has 1 aliphatic rings. The third kappa shape index (κ3) is 6.08. The molecule has 0 amide bonds. The molecule has 0 saturated heterocycles. The largest absolute Gasteiger partial charge is 0.466 e. The number of ether oxygens (including phenoxy) is 2. The van der Waals surface area contributed by atoms with Crippen molar-refractivity contribution in [1.29, 1.82) is 0 Å². The highest BCUT2D eigenvalue weighted by Gasteiger charge is 2.16. The van der Waals surface area contributed by atoms with Crippen LogP contribution in [0.25, 0.3) is 24.3 Å². The topological polar surface area (TPSA) is 116 Å². The molecule has 42 heavy (non-hydrogen) atoms. The predicted octanol–water partition coefficient (Wildman–Crippen LogP) is 2.85. The van der Waals surface area contributed by atoms with Crippen LogP contribution in [0.4, 0.5) is 0 Å². The number of fused-ring (bicyclic) bond motifs is 8. The number of aryl methyl sites for hydroxylation is 2. The number of hydrogen-bond acceptors (Lipinski definition) is 4. The van der Waals surface area contributed by atoms with Gasteiger partial charge in [0.1, 0.15) is 0 Å². The zero-order valence-electron chi connectivity index (χ0n) is 25.3. The summed E-state index contributed by atoms with van der Waals surface area (Å²) in [5.74, 6) is -0.423. The number of nitrogens with one attached hydrogen (secondary N) is 4. The minimum absolute atomic E-state index is 0.212. The molecule has 0 radical (unpaired) electrons. The summed E-state index contributed by atoms with van der Waals surface area (Å²) in [7, 11) is 0. The molecule has 220 valence electrons. The third-order valence-corrected chi connectivity index (χ3v) is 8.00. The van der Waals surface area contributed by atoms with Gasteiger partial charge in [0, 0.05) is 57.0 Å². The van der Waals surface area contributed by atoms with E-state index in [9.17, 15) is 9.59 Å². The Morgan fingerprint density at radius 2 is 1.29 bits per heavy atom. The molecular weight excluding hydrogens is 528 g/mol. The number of carbonyl (C=O) groups is 2. The average Bonchev–Trinajstić information content (AvgIpc) is 3.63. The quantitative estimate of drug-likeness (QED) is 0.216. The molecule has 0 aromatic carbocycles. The smallest absolute Gasteiger partial charge is 0.306 e. The van der Waals surface area contributed by atoms with Crippen molar-refractivity contribution in [2.75, 3.05) is 13.2 Å². The first-order valence-corrected chi connectivity index (χ1v) is 14.7. The number of aromatic amines is 4. The second kappa shape index (κ2) is 12.2. The van der Waals surface area contributed by atoms with Gasteiger partial charge in [0.2, 0.25) is 0 Å². The van der Waals surface area contributed by atoms with Crippen LogP contribution in [0.15, 0.2) is 12.1 Å². The van der Waals surface area contributed by atoms with E-state index in [0.717, 1.165) is 77.6 Å². The van der Waals surface area contributed by atoms with Gasteiger partial charge in [-0.25, -0.2) is 0 Å². The van der Waals surface area contributed by atoms with E-state index in [0.29, 0.717) is 38.9 Å². The van der Waals surface area contributed by atoms with Crippen LogP contribution in [-0.2, 0) is 31.9 Å². The van der Waals surface area contributed by atoms with Crippen molar-refractivity contribution in [2.24, 2.45) is 0 Å². The first kappa shape index (κ1) is 29.0. The van der Waals surface area contributed by atoms with E-state index >= 15 is 0 Å². The van der Waals surface area contributed by atoms with Crippen molar-refractivity contribution in [2.45, 2.75) is 67.2 Å². The molecule has 4 aromatic rings. The maximum Gasteiger partial charge on any atom is 0.306 e. The van der Waals surface area contributed by atoms with Crippen molar-refractivity contribution in [3.63, 3.8) is 0 Å². The van der Waals surface area contributed by atoms with Gasteiger partial charge in [-0.15, -0.1) is 0 Å². The Morgan fingerprint density at radius 3 is 1.98 bits per heavy atom. The summed E-state index contributed by atoms with van der Waals surface area (Å²) in [5.41, 5.74) is 10.5. The van der Waals surface area contributed by atoms with Crippen molar-refractivity contribution >= 4 is 36.2 Å². The summed E-state index contributed by atoms with van der Waals surface area (Å²) in [5, 5.41) is 3.93. The molecule has 0 fully saturated rings. The summed E-state index contributed by atoms with van der Waals surface area (Å²) >= 11 is 0. The molecule has 0 atom stereocenters. The lowest BCUT2D eigenvalue weighted by atomic mass is 10.0. The molecule has 8 bridgehead atoms. The number of carbonyl (C=O) groups excluding carboxylic acids is 2. The van der Waals surface area contributed by atoms with Crippen LogP contribution in [0.3, 0.4) is 0 Å². The number of rotatable bonds is 8. The lowest BCUT2D eigenvalue weighted by molar-refractivity contribution is -0.144. The number of H-pyrrole nitrogens is 4. The van der Waals surface area contributed by atoms with Gasteiger partial charge in [-0.1, -0.05) is 0 Å². The van der Waals surface area contributed by atoms with Crippen LogP contribution in [-0.4, -0.2) is 45.1 Å². The molecule has 0 unspecified atom stereocenters. The fraction of sp³-hybridized carbons (Fsp3) is 0.353. The van der Waals surface area contributed by atoms with E-state index in [-0.39, 0.29) is 11.9 Å². The predicted molar refractivity (Wildman–Crippen MR) is 165 cm³/mol. The fourth-order valence-electron chi connectivity index (χ4n) is 5.71. The minimum Gasteiger partial charge on any atom is -0.466 e. The second-order valence-electron chi connectivity index (χ2n) is 10.9. The van der Waals surface area contributed by atoms with E-state index in [4.69, 9.17) is 9.47 Å². The van der Waals surface area contributed by atoms with Crippen LogP contribution in [0, 0.1) is 27.7 Å². The lowest BCUT2D eigenvalue weighted by Gasteiger charge is -2.04. The van der Waals surface area contributed by atoms with Gasteiger partial charge in [0.25, 0.3) is 0 Å². The number of esters is 2. The number of hydrogen-bond donors (Lipinski definition) is 4. The van der Waals surface area contributed by atoms with Crippen molar-refractivity contribution in [3.05, 3.63) is 89.7 Å². The summed E-state index contributed by atoms with van der Waals surface area (Å²) in [4.78, 5) is 39.0. The molecule has 8 nitrogen and oxygen atoms in total. The highest BCUT2D eigenvalue weighted by Crippen LogP contribution is 2.22. The van der Waals surface area contributed by atoms with E-state index in [1.807, 2.05) is 13.8 Å². The van der Waals surface area contributed by atoms with E-state index in [2.05, 4.69) is 84.1 Å². The maximum atomic E-state index is 12.3. The van der Waals surface area contributed by atoms with Crippen molar-refractivity contribution in [1.82, 2.24) is 19.9 Å². The Hall–Kier alpha value is -4.46. The molecule has 4 aromatic heterocycles. The maximum absolute atomic E-state index is 12.3. The van der Waals surface area contributed by atoms with Crippen LogP contribution in [0.2, 0.25) is 0 Å². The summed E-state index contributed by atoms with van der Waals surface area (Å²) < 4.78 is 10.5. The third-order valence-electron chi connectivity index (χ3n) is 8.00. The first-order chi connectivity index (χ1) is 20.2. The Morgan fingerprint density at radius 1 is 0.619 bits per heavy atom. The Balaban J connectivity index is 1.76. The second-order valence-corrected chi connectivity index (χ2v) is 10.9. The molecule has 5 heterocycles. The van der Waals surface area contributed by atoms with Gasteiger partial charge in [0.15, 0.2) is 0 Å². The van der Waals surface area contributed by atoms with E-state index in [1.165, 1.54) is 0 Å². The van der Waals surface area contributed by atoms with Gasteiger partial charge < -0.3 is 29.4 Å². The summed E-state index contributed by atoms with van der Waals surface area (Å²) in [6, 6.07) is 4.29. The summed E-state index contributed by atoms with van der Waals surface area (Å²) in [6.45, 7) is 12.7. The molecule has 4 N–H and O–H groups in total. The van der Waals surface area contributed by atoms with Gasteiger partial charge in [0.05, 0.1) is 13.2 Å². The number of aromatic nitrogens is 4. The molecule has 0 aliphatic carbocycles. The van der Waals surface area contributed by atoms with E-state index < -0.39 is 0 Å². The zero-order chi connectivity index (χ0) is 30.0. The molecule has 8 heteroatoms. The van der Waals surface area contributed by atoms with Gasteiger partial charge in [-0.2, -0.15) is 0 Å². The van der Waals surface area contributed by atoms with Crippen LogP contribution in [0.1, 0.15) is 82.8 Å². The molecule has 1 aliphatic heterocycles. The monoisotopic (exact) mass is 568 g/mol. The standard InChI is InChI=1S/C34H40N4O4/c1-7-41-33(39)11-9-25-21(5)29-16-24-13-19(3)27(35-24)15-23-14-20(4)28(36-23)17-30-22(6)26(10-12-34(40)42-8-2)32(38-30)18-31(25)37-29/h13-18,35-38H,7-12H2,1-6H3. The molecule has 5 rings (SSSR count). The zero-order valence-corrected chi connectivity index (χ0v) is 25.3. The average molecular weight is 569 g/mol. The highest BCUT2D eigenvalue weighted by atomic mass is 16.5. The van der Waals surface area contributed by atoms with Crippen LogP contribution in [0.5, 0.6) is 0 Å². The highest BCUT2D eigenvalue weighted by molar-refractivity contribution is 5.71. The Labute approximate surface area is 245 Å². The molecule has 0 spiro atoms. The Bertz CT molecular complexity index is 1890. The minimum atomic E-state index is -0.212. The van der Waals surface area contributed by atoms with Crippen LogP contribution >= 0.6 is 0 Å². The van der Waals surface area contributed by atoms with Gasteiger partial charge in [-0.3, -0.25) is 9.59 Å². The van der Waals surface area contributed by atoms with Gasteiger partial charge >= 0.3 is 11.9 Å². The van der Waals surface area contributed by atoms with Crippen molar-refractivity contribution in [3.8, 4) is 0 Å². The first-order valence-electron chi connectivity index (χ1n) is 14.7. The van der Waals surface area contributed by atoms with Crippen molar-refractivity contribution < 1.29 is 19.1 Å². The SMILES string of the molecule is CCOC(=O)CCc1c2[nH]c(c1C)C=c1[nH]c(cc1C)=Cc1[nH]c(cc1C)C=c1[nH]c(c(CCC(=O)OCC)c1C)=C2. The normalized spacial score (nSPS) is 12.1. The van der Waals surface area contributed by atoms with Gasteiger partial charge in [-0.05, 0) is 124 Å². The molecule has 0 saturated carbocycles. The molecular formula is C34H40N4O4. The Kier molecular flexibility index (Phi) is 8.43. The lowest BCUT2D eigenvalue weighted by Crippen LogP contribution is -2.14. The van der Waals surface area contributed by atoms with Crippen LogP contribution < -0.4 is 21.4 Å². The van der Waals surface area contributed by atoms with E-state index in [1.54, 1.807) is 0 Å². The summed E-state index contributed by atoms with van der Waals surface area (Å²) in [6.07, 6.45) is 10.2.